The minimum absolute atomic E-state index is 0. The van der Waals surface area contributed by atoms with Crippen LogP contribution in [0.2, 0.25) is 0 Å². The molecule has 0 fully saturated rings. The number of hydrogen-bond donors (Lipinski definition) is 0. The molecule has 0 aliphatic carbocycles. The van der Waals surface area contributed by atoms with Gasteiger partial charge < -0.3 is 0 Å². The first-order chi connectivity index (χ1) is 14.6. The van der Waals surface area contributed by atoms with Crippen LogP contribution in [0, 0.1) is 6.92 Å². The van der Waals surface area contributed by atoms with E-state index >= 15 is 0 Å². The van der Waals surface area contributed by atoms with Gasteiger partial charge in [0.25, 0.3) is 0 Å². The van der Waals surface area contributed by atoms with Crippen LogP contribution in [0.5, 0.6) is 0 Å². The Morgan fingerprint density at radius 1 is 0.806 bits per heavy atom. The van der Waals surface area contributed by atoms with Crippen molar-refractivity contribution in [3.05, 3.63) is 114 Å². The van der Waals surface area contributed by atoms with Gasteiger partial charge in [-0.25, -0.2) is 0 Å². The number of aryl methyl sites for hydroxylation is 1. The molecule has 2 nitrogen and oxygen atoms in total. The summed E-state index contributed by atoms with van der Waals surface area (Å²) in [5, 5.41) is 5.78. The fraction of sp³-hybridized carbons (Fsp3) is 0.0800. The van der Waals surface area contributed by atoms with E-state index in [9.17, 15) is 0 Å². The quantitative estimate of drug-likeness (QED) is 0.267. The first-order valence-corrected chi connectivity index (χ1v) is 14.1. The van der Waals surface area contributed by atoms with Crippen LogP contribution in [0.4, 0.5) is 0 Å². The molecule has 0 radical (unpaired) electrons. The van der Waals surface area contributed by atoms with Gasteiger partial charge >= 0.3 is 186 Å². The van der Waals surface area contributed by atoms with Gasteiger partial charge in [0.1, 0.15) is 0 Å². The minimum Gasteiger partial charge on any atom is -0.147 e. The van der Waals surface area contributed by atoms with Crippen LogP contribution >= 0.6 is 40.9 Å². The molecular weight excluding hydrogens is 462 g/mol. The molecule has 5 rings (SSSR count). The predicted octanol–water partition coefficient (Wildman–Crippen LogP) is 6.31. The minimum atomic E-state index is -3.33. The molecule has 0 atom stereocenters. The molecule has 0 aliphatic heterocycles. The molecule has 0 N–H and O–H groups in total. The molecule has 2 aromatic heterocycles. The van der Waals surface area contributed by atoms with Crippen molar-refractivity contribution in [3.63, 3.8) is 0 Å². The van der Waals surface area contributed by atoms with Crippen molar-refractivity contribution in [3.8, 4) is 0 Å². The van der Waals surface area contributed by atoms with Gasteiger partial charge in [0.2, 0.25) is 0 Å². The fourth-order valence-electron chi connectivity index (χ4n) is 4.39. The first kappa shape index (κ1) is 22.0. The van der Waals surface area contributed by atoms with Crippen molar-refractivity contribution in [1.29, 1.82) is 0 Å². The summed E-state index contributed by atoms with van der Waals surface area (Å²) in [6.07, 6.45) is 2.67. The van der Waals surface area contributed by atoms with E-state index in [1.807, 2.05) is 6.20 Å². The van der Waals surface area contributed by atoms with Crippen LogP contribution in [0.15, 0.2) is 103 Å². The van der Waals surface area contributed by atoms with Gasteiger partial charge in [-0.1, -0.05) is 0 Å². The molecule has 3 aromatic carbocycles. The number of halogens is 2. The Bertz CT molecular complexity index is 1200. The zero-order valence-corrected chi connectivity index (χ0v) is 20.3. The summed E-state index contributed by atoms with van der Waals surface area (Å²) in [5.41, 5.74) is 1.20. The molecule has 2 heterocycles. The summed E-state index contributed by atoms with van der Waals surface area (Å²) in [6.45, 7) is 2.06. The molecule has 0 saturated heterocycles. The number of nitrogens with zero attached hydrogens (tertiary/aromatic N) is 2. The number of rotatable bonds is 5. The second-order valence-electron chi connectivity index (χ2n) is 7.55. The Hall–Kier alpha value is -2.16. The Balaban J connectivity index is 0.00000231. The maximum absolute atomic E-state index is 8.19. The van der Waals surface area contributed by atoms with Crippen LogP contribution in [0.1, 0.15) is 11.5 Å². The summed E-state index contributed by atoms with van der Waals surface area (Å²) < 4.78 is 2.25. The van der Waals surface area contributed by atoms with Crippen LogP contribution in [0.3, 0.4) is 0 Å². The SMILES string of the molecule is Cc1ncc2scc(CP(Cl)(c3ccccc3)(c3ccccc3)c3ccccc3)n12.Cl. The third kappa shape index (κ3) is 3.41. The summed E-state index contributed by atoms with van der Waals surface area (Å²) in [4.78, 5) is 5.68. The van der Waals surface area contributed by atoms with Crippen molar-refractivity contribution < 1.29 is 0 Å². The Morgan fingerprint density at radius 2 is 1.26 bits per heavy atom. The van der Waals surface area contributed by atoms with Gasteiger partial charge in [-0.05, 0) is 0 Å². The second kappa shape index (κ2) is 8.41. The Morgan fingerprint density at radius 3 is 1.71 bits per heavy atom. The summed E-state index contributed by atoms with van der Waals surface area (Å²) in [7, 11) is 0. The number of imidazole rings is 1. The number of aromatic nitrogens is 2. The van der Waals surface area contributed by atoms with Gasteiger partial charge in [-0.3, -0.25) is 0 Å². The molecule has 0 unspecified atom stereocenters. The monoisotopic (exact) mass is 484 g/mol. The van der Waals surface area contributed by atoms with Crippen molar-refractivity contribution in [1.82, 2.24) is 9.38 Å². The van der Waals surface area contributed by atoms with Gasteiger partial charge in [-0.2, -0.15) is 0 Å². The average Bonchev–Trinajstić information content (AvgIpc) is 3.38. The van der Waals surface area contributed by atoms with E-state index < -0.39 is 5.96 Å². The van der Waals surface area contributed by atoms with Crippen LogP contribution in [-0.4, -0.2) is 9.38 Å². The molecule has 31 heavy (non-hydrogen) atoms. The zero-order valence-electron chi connectivity index (χ0n) is 17.1. The van der Waals surface area contributed by atoms with E-state index in [0.29, 0.717) is 0 Å². The molecule has 0 aliphatic rings. The molecule has 6 heteroatoms. The summed E-state index contributed by atoms with van der Waals surface area (Å²) in [5.74, 6) is -2.33. The third-order valence-electron chi connectivity index (χ3n) is 5.85. The van der Waals surface area contributed by atoms with Crippen molar-refractivity contribution >= 4 is 61.7 Å². The Labute approximate surface area is 197 Å². The molecule has 0 amide bonds. The van der Waals surface area contributed by atoms with E-state index in [1.54, 1.807) is 11.3 Å². The van der Waals surface area contributed by atoms with E-state index in [2.05, 4.69) is 113 Å². The molecule has 0 saturated carbocycles. The average molecular weight is 485 g/mol. The molecule has 5 aromatic rings. The smallest absolute Gasteiger partial charge is 0.147 e. The van der Waals surface area contributed by atoms with Gasteiger partial charge in [0.15, 0.2) is 0 Å². The maximum Gasteiger partial charge on any atom is -0.147 e. The van der Waals surface area contributed by atoms with Crippen LogP contribution in [-0.2, 0) is 6.16 Å². The molecule has 0 bridgehead atoms. The first-order valence-electron chi connectivity index (χ1n) is 9.91. The molecular formula is C25H23Cl2N2PS. The van der Waals surface area contributed by atoms with Gasteiger partial charge in [0.05, 0.1) is 0 Å². The third-order valence-corrected chi connectivity index (χ3v) is 13.9. The Kier molecular flexibility index (Phi) is 5.98. The topological polar surface area (TPSA) is 17.3 Å². The summed E-state index contributed by atoms with van der Waals surface area (Å²) in [6, 6.07) is 31.9. The summed E-state index contributed by atoms with van der Waals surface area (Å²) >= 11 is 9.91. The normalized spacial score (nSPS) is 12.8. The van der Waals surface area contributed by atoms with Crippen molar-refractivity contribution in [2.45, 2.75) is 13.1 Å². The zero-order chi connectivity index (χ0) is 20.6. The number of benzene rings is 3. The van der Waals surface area contributed by atoms with Gasteiger partial charge in [-0.15, -0.1) is 12.4 Å². The van der Waals surface area contributed by atoms with E-state index in [-0.39, 0.29) is 12.4 Å². The van der Waals surface area contributed by atoms with E-state index in [0.717, 1.165) is 16.8 Å². The van der Waals surface area contributed by atoms with Gasteiger partial charge in [0, 0.05) is 0 Å². The second-order valence-corrected chi connectivity index (χ2v) is 14.9. The van der Waals surface area contributed by atoms with E-state index in [1.165, 1.54) is 21.6 Å². The van der Waals surface area contributed by atoms with Crippen molar-refractivity contribution in [2.75, 3.05) is 0 Å². The predicted molar refractivity (Wildman–Crippen MR) is 140 cm³/mol. The van der Waals surface area contributed by atoms with E-state index in [4.69, 9.17) is 11.2 Å². The van der Waals surface area contributed by atoms with Crippen LogP contribution < -0.4 is 15.9 Å². The van der Waals surface area contributed by atoms with Crippen molar-refractivity contribution in [2.24, 2.45) is 0 Å². The fourth-order valence-corrected chi connectivity index (χ4v) is 11.5. The molecule has 0 spiro atoms. The molecule has 158 valence electrons. The number of fused-ring (bicyclic) bond motifs is 1. The maximum atomic E-state index is 8.19. The standard InChI is InChI=1S/C25H22ClN2PS.ClH/c1-20-27-17-25-28(20)21(19-30-25)18-29(26,22-11-5-2-6-12-22,23-13-7-3-8-14-23)24-15-9-4-10-16-24;/h2-17,19H,18H2,1H3;1H. The number of hydrogen-bond acceptors (Lipinski definition) is 2. The number of thiazole rings is 1. The largest absolute Gasteiger partial charge is 0.147 e. The van der Waals surface area contributed by atoms with Crippen LogP contribution in [0.25, 0.3) is 4.83 Å².